The fraction of sp³-hybridized carbons (Fsp3) is 0.500. The van der Waals surface area contributed by atoms with Crippen molar-refractivity contribution in [3.63, 3.8) is 0 Å². The quantitative estimate of drug-likeness (QED) is 0.551. The van der Waals surface area contributed by atoms with Crippen LogP contribution < -0.4 is 10.2 Å². The van der Waals surface area contributed by atoms with E-state index in [2.05, 4.69) is 37.6 Å². The number of nitrogens with one attached hydrogen (secondary N) is 2. The van der Waals surface area contributed by atoms with Gasteiger partial charge in [-0.1, -0.05) is 6.07 Å². The second kappa shape index (κ2) is 7.69. The van der Waals surface area contributed by atoms with Crippen molar-refractivity contribution in [2.75, 3.05) is 18.0 Å². The van der Waals surface area contributed by atoms with Crippen molar-refractivity contribution >= 4 is 11.7 Å². The lowest BCUT2D eigenvalue weighted by atomic mass is 9.68. The number of carbonyl (C=O) groups excluding carboxylic acids is 1. The number of hydrogen-bond donors (Lipinski definition) is 3. The van der Waals surface area contributed by atoms with Gasteiger partial charge in [-0.25, -0.2) is 4.98 Å². The molecule has 4 aliphatic rings. The number of hydrogen-bond acceptors (Lipinski definition) is 6. The highest BCUT2D eigenvalue weighted by molar-refractivity contribution is 5.94. The van der Waals surface area contributed by atoms with E-state index in [1.807, 2.05) is 13.8 Å². The van der Waals surface area contributed by atoms with Crippen LogP contribution in [0.1, 0.15) is 57.5 Å². The Morgan fingerprint density at radius 3 is 2.85 bits per heavy atom. The highest BCUT2D eigenvalue weighted by Crippen LogP contribution is 2.41. The number of pyridine rings is 1. The second-order valence-corrected chi connectivity index (χ2v) is 9.77. The fourth-order valence-electron chi connectivity index (χ4n) is 5.59. The number of carbonyl (C=O) groups is 1. The van der Waals surface area contributed by atoms with Crippen LogP contribution in [0.2, 0.25) is 0 Å². The second-order valence-electron chi connectivity index (χ2n) is 9.77. The molecule has 2 unspecified atom stereocenters. The van der Waals surface area contributed by atoms with E-state index in [1.54, 1.807) is 17.1 Å². The predicted octanol–water partition coefficient (Wildman–Crippen LogP) is 1.90. The normalized spacial score (nSPS) is 25.6. The van der Waals surface area contributed by atoms with Gasteiger partial charge in [-0.2, -0.15) is 10.2 Å². The topological polar surface area (TPSA) is 112 Å². The third-order valence-electron chi connectivity index (χ3n) is 7.64. The Kier molecular flexibility index (Phi) is 4.76. The van der Waals surface area contributed by atoms with Gasteiger partial charge in [0.2, 0.25) is 0 Å². The Labute approximate surface area is 192 Å². The molecular formula is C24H29N7O2. The van der Waals surface area contributed by atoms with E-state index in [0.717, 1.165) is 60.8 Å². The molecule has 3 atom stereocenters. The largest absolute Gasteiger partial charge is 0.392 e. The van der Waals surface area contributed by atoms with Gasteiger partial charge in [0, 0.05) is 42.5 Å². The zero-order valence-corrected chi connectivity index (χ0v) is 19.0. The zero-order valence-electron chi connectivity index (χ0n) is 19.0. The summed E-state index contributed by atoms with van der Waals surface area (Å²) in [5, 5.41) is 24.9. The molecule has 33 heavy (non-hydrogen) atoms. The van der Waals surface area contributed by atoms with E-state index in [4.69, 9.17) is 4.98 Å². The van der Waals surface area contributed by atoms with Crippen LogP contribution in [0.4, 0.5) is 5.82 Å². The summed E-state index contributed by atoms with van der Waals surface area (Å²) in [7, 11) is 0. The van der Waals surface area contributed by atoms with Gasteiger partial charge in [0.25, 0.3) is 5.91 Å². The maximum absolute atomic E-state index is 12.8. The van der Waals surface area contributed by atoms with Gasteiger partial charge in [0.05, 0.1) is 36.1 Å². The number of fused-ring (bicyclic) bond motifs is 3. The molecule has 0 radical (unpaired) electrons. The number of aromatic nitrogens is 5. The molecule has 9 nitrogen and oxygen atoms in total. The van der Waals surface area contributed by atoms with E-state index in [-0.39, 0.29) is 18.1 Å². The lowest BCUT2D eigenvalue weighted by molar-refractivity contribution is -0.0533. The summed E-state index contributed by atoms with van der Waals surface area (Å²) in [4.78, 5) is 19.9. The van der Waals surface area contributed by atoms with Crippen LogP contribution in [0.5, 0.6) is 0 Å². The van der Waals surface area contributed by atoms with Gasteiger partial charge in [0.1, 0.15) is 5.82 Å². The van der Waals surface area contributed by atoms with Crippen LogP contribution in [0.3, 0.4) is 0 Å². The monoisotopic (exact) mass is 447 g/mol. The number of aliphatic hydroxyl groups is 1. The molecule has 3 N–H and O–H groups in total. The maximum Gasteiger partial charge on any atom is 0.255 e. The smallest absolute Gasteiger partial charge is 0.255 e. The summed E-state index contributed by atoms with van der Waals surface area (Å²) in [5.41, 5.74) is 5.84. The average molecular weight is 448 g/mol. The number of aliphatic hydroxyl groups excluding tert-OH is 1. The Bertz CT molecular complexity index is 1200. The van der Waals surface area contributed by atoms with E-state index >= 15 is 0 Å². The van der Waals surface area contributed by atoms with E-state index in [1.165, 1.54) is 5.56 Å². The van der Waals surface area contributed by atoms with Crippen molar-refractivity contribution in [1.82, 2.24) is 30.3 Å². The van der Waals surface area contributed by atoms with Gasteiger partial charge in [-0.05, 0) is 50.3 Å². The van der Waals surface area contributed by atoms with E-state index in [9.17, 15) is 9.90 Å². The van der Waals surface area contributed by atoms with Crippen molar-refractivity contribution in [2.45, 2.75) is 51.8 Å². The Morgan fingerprint density at radius 2 is 2.09 bits per heavy atom. The van der Waals surface area contributed by atoms with Crippen molar-refractivity contribution in [3.05, 3.63) is 58.3 Å². The van der Waals surface area contributed by atoms with E-state index in [0.29, 0.717) is 23.9 Å². The molecule has 7 rings (SSSR count). The average Bonchev–Trinajstić information content (AvgIpc) is 3.54. The molecule has 0 spiro atoms. The Balaban J connectivity index is 1.10. The minimum Gasteiger partial charge on any atom is -0.392 e. The maximum atomic E-state index is 12.8. The molecule has 1 saturated carbocycles. The molecule has 3 fully saturated rings. The van der Waals surface area contributed by atoms with Gasteiger partial charge < -0.3 is 15.3 Å². The van der Waals surface area contributed by atoms with Crippen LogP contribution in [0.15, 0.2) is 24.5 Å². The Hall–Kier alpha value is -3.20. The molecule has 2 aliphatic heterocycles. The first-order valence-corrected chi connectivity index (χ1v) is 11.7. The molecule has 9 heteroatoms. The van der Waals surface area contributed by atoms with Crippen molar-refractivity contribution < 1.29 is 9.90 Å². The first-order valence-electron chi connectivity index (χ1n) is 11.7. The molecule has 5 heterocycles. The number of aromatic amines is 1. The van der Waals surface area contributed by atoms with Gasteiger partial charge in [-0.3, -0.25) is 14.6 Å². The molecule has 2 saturated heterocycles. The molecule has 1 amide bonds. The molecule has 2 bridgehead atoms. The first-order chi connectivity index (χ1) is 16.0. The molecule has 172 valence electrons. The van der Waals surface area contributed by atoms with Crippen molar-refractivity contribution in [3.8, 4) is 0 Å². The zero-order chi connectivity index (χ0) is 22.7. The summed E-state index contributed by atoms with van der Waals surface area (Å²) in [5.74, 6) is 1.61. The van der Waals surface area contributed by atoms with E-state index < -0.39 is 0 Å². The van der Waals surface area contributed by atoms with Crippen LogP contribution in [0, 0.1) is 25.7 Å². The molecule has 0 aromatic carbocycles. The highest BCUT2D eigenvalue weighted by Gasteiger charge is 2.46. The molecular weight excluding hydrogens is 418 g/mol. The number of amides is 1. The molecule has 3 aromatic rings. The van der Waals surface area contributed by atoms with Crippen LogP contribution in [-0.4, -0.2) is 55.2 Å². The lowest BCUT2D eigenvalue weighted by Gasteiger charge is -2.51. The summed E-state index contributed by atoms with van der Waals surface area (Å²) >= 11 is 0. The summed E-state index contributed by atoms with van der Waals surface area (Å²) in [6.45, 7) is 6.34. The van der Waals surface area contributed by atoms with Crippen molar-refractivity contribution in [1.29, 1.82) is 0 Å². The van der Waals surface area contributed by atoms with Crippen molar-refractivity contribution in [2.24, 2.45) is 11.8 Å². The summed E-state index contributed by atoms with van der Waals surface area (Å²) in [6, 6.07) is 4.09. The highest BCUT2D eigenvalue weighted by atomic mass is 16.3. The minimum absolute atomic E-state index is 0.0540. The number of aryl methyl sites for hydroxylation is 2. The molecule has 3 aromatic heterocycles. The van der Waals surface area contributed by atoms with Gasteiger partial charge in [-0.15, -0.1) is 0 Å². The first kappa shape index (κ1) is 20.4. The number of rotatable bonds is 5. The predicted molar refractivity (Wildman–Crippen MR) is 122 cm³/mol. The standard InChI is InChI=1S/C24H29N7O2/c1-13-15(3-6-21(26-13)30-9-16-7-17(10-30)23(16)32)11-31-12-18(8-25-31)24(33)27-20-5-4-19-14(2)28-29-22(19)20/h3,6,8,12,16-17,20,23,32H,4-5,7,9-11H2,1-2H3,(H,27,33)(H,28,29)/t16?,17?,20-,23?/m1/s1. The lowest BCUT2D eigenvalue weighted by Crippen LogP contribution is -2.58. The number of H-pyrrole nitrogens is 1. The number of anilines is 1. The third-order valence-corrected chi connectivity index (χ3v) is 7.64. The van der Waals surface area contributed by atoms with Crippen LogP contribution >= 0.6 is 0 Å². The van der Waals surface area contributed by atoms with Crippen LogP contribution in [-0.2, 0) is 13.0 Å². The third kappa shape index (κ3) is 3.51. The number of nitrogens with zero attached hydrogens (tertiary/aromatic N) is 5. The molecule has 2 aliphatic carbocycles. The van der Waals surface area contributed by atoms with Crippen LogP contribution in [0.25, 0.3) is 0 Å². The van der Waals surface area contributed by atoms with Gasteiger partial charge in [0.15, 0.2) is 0 Å². The van der Waals surface area contributed by atoms with Gasteiger partial charge >= 0.3 is 0 Å². The number of piperidine rings is 2. The summed E-state index contributed by atoms with van der Waals surface area (Å²) in [6.07, 6.45) is 6.21. The fourth-order valence-corrected chi connectivity index (χ4v) is 5.59. The minimum atomic E-state index is -0.132. The Morgan fingerprint density at radius 1 is 1.27 bits per heavy atom. The summed E-state index contributed by atoms with van der Waals surface area (Å²) < 4.78 is 1.78. The SMILES string of the molecule is Cc1nc(N2CC3CC(C2)C3O)ccc1Cn1cc(C(=O)N[C@@H]2CCc3c2n[nH]c3C)cn1.